The van der Waals surface area contributed by atoms with Crippen LogP contribution in [0.25, 0.3) is 10.9 Å². The molecule has 0 aliphatic carbocycles. The maximum absolute atomic E-state index is 9.32. The highest BCUT2D eigenvalue weighted by Gasteiger charge is 2.09. The van der Waals surface area contributed by atoms with Gasteiger partial charge in [0.2, 0.25) is 5.88 Å². The zero-order valence-corrected chi connectivity index (χ0v) is 7.09. The van der Waals surface area contributed by atoms with Gasteiger partial charge in [0.15, 0.2) is 0 Å². The van der Waals surface area contributed by atoms with E-state index in [1.54, 1.807) is 5.38 Å². The summed E-state index contributed by atoms with van der Waals surface area (Å²) in [5.41, 5.74) is 0.586. The molecular weight excluding hydrogens is 176 g/mol. The number of aromatic nitrogens is 2. The molecule has 0 bridgehead atoms. The summed E-state index contributed by atoms with van der Waals surface area (Å²) in [5.74, 6) is -0.156. The molecule has 0 spiro atoms. The summed E-state index contributed by atoms with van der Waals surface area (Å²) >= 11 is 1.47. The topological polar surface area (TPSA) is 66.2 Å². The van der Waals surface area contributed by atoms with E-state index in [2.05, 4.69) is 9.97 Å². The number of fused-ring (bicyclic) bond motifs is 1. The zero-order chi connectivity index (χ0) is 8.72. The van der Waals surface area contributed by atoms with Crippen LogP contribution in [0, 0.1) is 6.92 Å². The summed E-state index contributed by atoms with van der Waals surface area (Å²) < 4.78 is 0. The monoisotopic (exact) mass is 182 g/mol. The molecule has 5 heteroatoms. The smallest absolute Gasteiger partial charge is 0.317 e. The van der Waals surface area contributed by atoms with E-state index < -0.39 is 6.01 Å². The Morgan fingerprint density at radius 2 is 2.08 bits per heavy atom. The van der Waals surface area contributed by atoms with Crippen molar-refractivity contribution in [1.82, 2.24) is 9.97 Å². The first-order chi connectivity index (χ1) is 5.68. The van der Waals surface area contributed by atoms with Crippen LogP contribution in [0.3, 0.4) is 0 Å². The first-order valence-corrected chi connectivity index (χ1v) is 4.20. The van der Waals surface area contributed by atoms with E-state index in [1.165, 1.54) is 11.3 Å². The molecule has 62 valence electrons. The number of hydrogen-bond acceptors (Lipinski definition) is 5. The Balaban J connectivity index is 2.93. The Hall–Kier alpha value is -1.36. The zero-order valence-electron chi connectivity index (χ0n) is 6.27. The molecule has 2 rings (SSSR count). The van der Waals surface area contributed by atoms with Gasteiger partial charge in [-0.15, -0.1) is 11.3 Å². The number of aryl methyl sites for hydroxylation is 1. The Bertz CT molecular complexity index is 438. The lowest BCUT2D eigenvalue weighted by atomic mass is 10.3. The second-order valence-corrected chi connectivity index (χ2v) is 3.48. The Labute approximate surface area is 72.1 Å². The van der Waals surface area contributed by atoms with E-state index in [1.807, 2.05) is 6.92 Å². The quantitative estimate of drug-likeness (QED) is 0.646. The van der Waals surface area contributed by atoms with Gasteiger partial charge in [0.25, 0.3) is 0 Å². The van der Waals surface area contributed by atoms with Crippen LogP contribution in [0.2, 0.25) is 0 Å². The van der Waals surface area contributed by atoms with Crippen molar-refractivity contribution < 1.29 is 10.2 Å². The van der Waals surface area contributed by atoms with Gasteiger partial charge in [0, 0.05) is 10.3 Å². The Kier molecular flexibility index (Phi) is 1.41. The van der Waals surface area contributed by atoms with Crippen molar-refractivity contribution >= 4 is 22.2 Å². The highest BCUT2D eigenvalue weighted by Crippen LogP contribution is 2.30. The van der Waals surface area contributed by atoms with Crippen molar-refractivity contribution in [2.45, 2.75) is 6.92 Å². The second-order valence-electron chi connectivity index (χ2n) is 2.40. The number of rotatable bonds is 0. The summed E-state index contributed by atoms with van der Waals surface area (Å²) in [6, 6.07) is -0.391. The van der Waals surface area contributed by atoms with Gasteiger partial charge in [0.05, 0.1) is 10.9 Å². The molecule has 2 heterocycles. The normalized spacial score (nSPS) is 10.8. The highest BCUT2D eigenvalue weighted by atomic mass is 32.1. The fraction of sp³-hybridized carbons (Fsp3) is 0.143. The van der Waals surface area contributed by atoms with Gasteiger partial charge in [-0.25, -0.2) is 0 Å². The summed E-state index contributed by atoms with van der Waals surface area (Å²) in [6.07, 6.45) is 0. The van der Waals surface area contributed by atoms with Crippen LogP contribution in [0.4, 0.5) is 0 Å². The predicted molar refractivity (Wildman–Crippen MR) is 45.5 cm³/mol. The summed E-state index contributed by atoms with van der Waals surface area (Å²) in [6.45, 7) is 1.87. The molecule has 0 aliphatic rings. The lowest BCUT2D eigenvalue weighted by Crippen LogP contribution is -1.82. The summed E-state index contributed by atoms with van der Waals surface area (Å²) in [7, 11) is 0. The highest BCUT2D eigenvalue weighted by molar-refractivity contribution is 7.11. The number of aromatic hydroxyl groups is 2. The fourth-order valence-electron chi connectivity index (χ4n) is 1.08. The van der Waals surface area contributed by atoms with Crippen LogP contribution in [0.5, 0.6) is 11.9 Å². The minimum Gasteiger partial charge on any atom is -0.493 e. The SMILES string of the molecule is Cc1scc2nc(O)nc(O)c12. The molecule has 0 aliphatic heterocycles. The average molecular weight is 182 g/mol. The molecule has 0 radical (unpaired) electrons. The first-order valence-electron chi connectivity index (χ1n) is 3.32. The maximum Gasteiger partial charge on any atom is 0.317 e. The molecule has 4 nitrogen and oxygen atoms in total. The van der Waals surface area contributed by atoms with Gasteiger partial charge in [-0.1, -0.05) is 0 Å². The van der Waals surface area contributed by atoms with E-state index in [-0.39, 0.29) is 5.88 Å². The predicted octanol–water partition coefficient (Wildman–Crippen LogP) is 1.41. The molecule has 0 atom stereocenters. The van der Waals surface area contributed by atoms with Crippen LogP contribution in [-0.2, 0) is 0 Å². The molecule has 2 aromatic rings. The van der Waals surface area contributed by atoms with E-state index in [4.69, 9.17) is 5.11 Å². The molecule has 0 amide bonds. The molecule has 0 aromatic carbocycles. The molecule has 0 unspecified atom stereocenters. The lowest BCUT2D eigenvalue weighted by molar-refractivity contribution is 0.403. The van der Waals surface area contributed by atoms with Gasteiger partial charge in [0.1, 0.15) is 0 Å². The van der Waals surface area contributed by atoms with Crippen molar-refractivity contribution in [2.75, 3.05) is 0 Å². The van der Waals surface area contributed by atoms with Crippen LogP contribution >= 0.6 is 11.3 Å². The van der Waals surface area contributed by atoms with Crippen molar-refractivity contribution in [3.63, 3.8) is 0 Å². The van der Waals surface area contributed by atoms with Gasteiger partial charge >= 0.3 is 6.01 Å². The van der Waals surface area contributed by atoms with Crippen LogP contribution < -0.4 is 0 Å². The number of hydrogen-bond donors (Lipinski definition) is 2. The lowest BCUT2D eigenvalue weighted by Gasteiger charge is -1.95. The van der Waals surface area contributed by atoms with Gasteiger partial charge in [-0.3, -0.25) is 0 Å². The minimum absolute atomic E-state index is 0.156. The minimum atomic E-state index is -0.391. The third-order valence-corrected chi connectivity index (χ3v) is 2.50. The largest absolute Gasteiger partial charge is 0.493 e. The second kappa shape index (κ2) is 2.31. The van der Waals surface area contributed by atoms with Crippen LogP contribution in [0.1, 0.15) is 4.88 Å². The molecule has 2 aromatic heterocycles. The van der Waals surface area contributed by atoms with E-state index in [0.29, 0.717) is 10.9 Å². The molecule has 2 N–H and O–H groups in total. The van der Waals surface area contributed by atoms with Gasteiger partial charge < -0.3 is 10.2 Å². The third kappa shape index (κ3) is 0.902. The summed E-state index contributed by atoms with van der Waals surface area (Å²) in [5, 5.41) is 20.7. The molecule has 0 saturated carbocycles. The third-order valence-electron chi connectivity index (χ3n) is 1.61. The van der Waals surface area contributed by atoms with Crippen molar-refractivity contribution in [2.24, 2.45) is 0 Å². The standard InChI is InChI=1S/C7H6N2O2S/c1-3-5-4(2-12-3)8-7(11)9-6(5)10/h2H,1H3,(H2,8,9,10,11). The fourth-order valence-corrected chi connectivity index (χ4v) is 1.85. The van der Waals surface area contributed by atoms with E-state index >= 15 is 0 Å². The van der Waals surface area contributed by atoms with Gasteiger partial charge in [-0.05, 0) is 6.92 Å². The number of nitrogens with zero attached hydrogens (tertiary/aromatic N) is 2. The Morgan fingerprint density at radius 1 is 1.33 bits per heavy atom. The maximum atomic E-state index is 9.32. The first kappa shape index (κ1) is 7.30. The number of thiophene rings is 1. The van der Waals surface area contributed by atoms with Crippen molar-refractivity contribution in [3.05, 3.63) is 10.3 Å². The average Bonchev–Trinajstić information content (AvgIpc) is 2.31. The summed E-state index contributed by atoms with van der Waals surface area (Å²) in [4.78, 5) is 8.14. The van der Waals surface area contributed by atoms with E-state index in [0.717, 1.165) is 4.88 Å². The van der Waals surface area contributed by atoms with Crippen molar-refractivity contribution in [3.8, 4) is 11.9 Å². The molecule has 0 fully saturated rings. The van der Waals surface area contributed by atoms with Crippen molar-refractivity contribution in [1.29, 1.82) is 0 Å². The van der Waals surface area contributed by atoms with E-state index in [9.17, 15) is 5.11 Å². The van der Waals surface area contributed by atoms with Crippen LogP contribution in [-0.4, -0.2) is 20.2 Å². The Morgan fingerprint density at radius 3 is 2.83 bits per heavy atom. The van der Waals surface area contributed by atoms with Gasteiger partial charge in [-0.2, -0.15) is 9.97 Å². The molecule has 0 saturated heterocycles. The van der Waals surface area contributed by atoms with Crippen LogP contribution in [0.15, 0.2) is 5.38 Å². The molecule has 12 heavy (non-hydrogen) atoms. The molecular formula is C7H6N2O2S.